The average molecular weight is 407 g/mol. The third kappa shape index (κ3) is 3.99. The lowest BCUT2D eigenvalue weighted by atomic mass is 9.96. The zero-order chi connectivity index (χ0) is 22.1. The first kappa shape index (κ1) is 21.3. The number of pyridine rings is 1. The summed E-state index contributed by atoms with van der Waals surface area (Å²) in [5.41, 5.74) is 0.0987. The molecule has 1 aromatic heterocycles. The highest BCUT2D eigenvalue weighted by Gasteiger charge is 2.31. The van der Waals surface area contributed by atoms with E-state index in [1.807, 2.05) is 30.3 Å². The lowest BCUT2D eigenvalue weighted by molar-refractivity contribution is -0.158. The van der Waals surface area contributed by atoms with Gasteiger partial charge >= 0.3 is 11.9 Å². The van der Waals surface area contributed by atoms with Crippen LogP contribution < -0.4 is 5.56 Å². The lowest BCUT2D eigenvalue weighted by Crippen LogP contribution is -2.37. The number of rotatable bonds is 4. The minimum atomic E-state index is -1.03. The Balaban J connectivity index is 2.42. The van der Waals surface area contributed by atoms with Crippen LogP contribution in [0.4, 0.5) is 0 Å². The van der Waals surface area contributed by atoms with Crippen molar-refractivity contribution in [2.24, 2.45) is 0 Å². The van der Waals surface area contributed by atoms with Gasteiger partial charge in [-0.15, -0.1) is 0 Å². The van der Waals surface area contributed by atoms with Gasteiger partial charge in [0.2, 0.25) is 0 Å². The van der Waals surface area contributed by atoms with Crippen LogP contribution in [0.3, 0.4) is 0 Å². The zero-order valence-corrected chi connectivity index (χ0v) is 17.8. The first-order valence-electron chi connectivity index (χ1n) is 9.69. The summed E-state index contributed by atoms with van der Waals surface area (Å²) < 4.78 is 11.7. The van der Waals surface area contributed by atoms with Gasteiger partial charge in [0.15, 0.2) is 0 Å². The van der Waals surface area contributed by atoms with Gasteiger partial charge in [-0.25, -0.2) is 9.59 Å². The molecule has 30 heavy (non-hydrogen) atoms. The number of methoxy groups -OCH3 is 1. The van der Waals surface area contributed by atoms with Crippen molar-refractivity contribution in [3.63, 3.8) is 0 Å². The normalized spacial score (nSPS) is 12.4. The fraction of sp³-hybridized carbons (Fsp3) is 0.292. The van der Waals surface area contributed by atoms with Gasteiger partial charge in [0, 0.05) is 10.9 Å². The van der Waals surface area contributed by atoms with E-state index in [4.69, 9.17) is 9.47 Å². The van der Waals surface area contributed by atoms with Crippen LogP contribution in [0.15, 0.2) is 59.4 Å². The van der Waals surface area contributed by atoms with Crippen molar-refractivity contribution in [1.82, 2.24) is 4.57 Å². The van der Waals surface area contributed by atoms with E-state index in [2.05, 4.69) is 0 Å². The highest BCUT2D eigenvalue weighted by Crippen LogP contribution is 2.32. The predicted octanol–water partition coefficient (Wildman–Crippen LogP) is 4.36. The number of fused-ring (bicyclic) bond motifs is 1. The summed E-state index contributed by atoms with van der Waals surface area (Å²) in [6, 6.07) is 15.2. The minimum absolute atomic E-state index is 0.0192. The highest BCUT2D eigenvalue weighted by molar-refractivity contribution is 6.07. The number of benzene rings is 2. The largest absolute Gasteiger partial charge is 0.464 e. The van der Waals surface area contributed by atoms with E-state index in [1.54, 1.807) is 52.0 Å². The maximum Gasteiger partial charge on any atom is 0.355 e. The Bertz CT molecular complexity index is 1160. The quantitative estimate of drug-likeness (QED) is 0.601. The van der Waals surface area contributed by atoms with E-state index in [-0.39, 0.29) is 5.69 Å². The molecule has 1 atom stereocenters. The molecule has 156 valence electrons. The molecule has 0 saturated carbocycles. The van der Waals surface area contributed by atoms with E-state index in [9.17, 15) is 14.4 Å². The van der Waals surface area contributed by atoms with Crippen molar-refractivity contribution in [3.8, 4) is 11.1 Å². The van der Waals surface area contributed by atoms with Crippen molar-refractivity contribution < 1.29 is 19.1 Å². The highest BCUT2D eigenvalue weighted by atomic mass is 16.6. The Morgan fingerprint density at radius 3 is 2.07 bits per heavy atom. The average Bonchev–Trinajstić information content (AvgIpc) is 2.72. The number of hydrogen-bond donors (Lipinski definition) is 0. The van der Waals surface area contributed by atoms with Crippen molar-refractivity contribution in [2.75, 3.05) is 7.11 Å². The summed E-state index contributed by atoms with van der Waals surface area (Å²) in [6.45, 7) is 6.79. The molecule has 2 aromatic carbocycles. The molecule has 0 amide bonds. The van der Waals surface area contributed by atoms with Gasteiger partial charge in [-0.3, -0.25) is 9.36 Å². The molecule has 0 radical (unpaired) electrons. The third-order valence-electron chi connectivity index (χ3n) is 4.70. The summed E-state index contributed by atoms with van der Waals surface area (Å²) in [6.07, 6.45) is 0. The Hall–Kier alpha value is -3.41. The standard InChI is InChI=1S/C24H25NO5/c1-15(22(27)30-24(2,3)4)25-20(23(28)29-5)19(16-11-7-6-8-12-16)17-13-9-10-14-18(17)21(25)26/h6-15H,1-5H3. The Morgan fingerprint density at radius 2 is 1.50 bits per heavy atom. The van der Waals surface area contributed by atoms with Crippen LogP contribution in [0, 0.1) is 0 Å². The second-order valence-corrected chi connectivity index (χ2v) is 8.01. The first-order chi connectivity index (χ1) is 14.2. The molecule has 0 N–H and O–H groups in total. The smallest absolute Gasteiger partial charge is 0.355 e. The number of ether oxygens (including phenoxy) is 2. The van der Waals surface area contributed by atoms with Gasteiger partial charge in [0.25, 0.3) is 5.56 Å². The second-order valence-electron chi connectivity index (χ2n) is 8.01. The number of carbonyl (C=O) groups is 2. The fourth-order valence-corrected chi connectivity index (χ4v) is 3.42. The molecule has 3 aromatic rings. The molecule has 0 aliphatic heterocycles. The number of aromatic nitrogens is 1. The van der Waals surface area contributed by atoms with Crippen LogP contribution in [0.5, 0.6) is 0 Å². The van der Waals surface area contributed by atoms with Crippen molar-refractivity contribution >= 4 is 22.7 Å². The topological polar surface area (TPSA) is 74.6 Å². The summed E-state index contributed by atoms with van der Waals surface area (Å²) in [7, 11) is 1.25. The first-order valence-corrected chi connectivity index (χ1v) is 9.69. The molecule has 6 heteroatoms. The SMILES string of the molecule is COC(=O)c1c(-c2ccccc2)c2ccccc2c(=O)n1C(C)C(=O)OC(C)(C)C. The van der Waals surface area contributed by atoms with E-state index in [1.165, 1.54) is 11.7 Å². The number of nitrogens with zero attached hydrogens (tertiary/aromatic N) is 1. The van der Waals surface area contributed by atoms with E-state index >= 15 is 0 Å². The van der Waals surface area contributed by atoms with Crippen LogP contribution in [0.1, 0.15) is 44.2 Å². The molecule has 6 nitrogen and oxygen atoms in total. The second kappa shape index (κ2) is 8.14. The molecule has 0 bridgehead atoms. The maximum atomic E-state index is 13.4. The number of esters is 2. The fourth-order valence-electron chi connectivity index (χ4n) is 3.42. The molecule has 1 heterocycles. The van der Waals surface area contributed by atoms with Crippen LogP contribution in [0.2, 0.25) is 0 Å². The molecule has 0 aliphatic rings. The van der Waals surface area contributed by atoms with Crippen molar-refractivity contribution in [3.05, 3.63) is 70.6 Å². The lowest BCUT2D eigenvalue weighted by Gasteiger charge is -2.26. The van der Waals surface area contributed by atoms with Gasteiger partial charge in [-0.1, -0.05) is 48.5 Å². The number of carbonyl (C=O) groups excluding carboxylic acids is 2. The molecule has 0 spiro atoms. The van der Waals surface area contributed by atoms with Crippen LogP contribution >= 0.6 is 0 Å². The van der Waals surface area contributed by atoms with Gasteiger partial charge < -0.3 is 9.47 Å². The van der Waals surface area contributed by atoms with Gasteiger partial charge in [-0.2, -0.15) is 0 Å². The van der Waals surface area contributed by atoms with Crippen molar-refractivity contribution in [1.29, 1.82) is 0 Å². The minimum Gasteiger partial charge on any atom is -0.464 e. The maximum absolute atomic E-state index is 13.4. The Labute approximate surface area is 175 Å². The molecule has 0 fully saturated rings. The molecular weight excluding hydrogens is 382 g/mol. The summed E-state index contributed by atoms with van der Waals surface area (Å²) >= 11 is 0. The van der Waals surface area contributed by atoms with E-state index in [0.29, 0.717) is 16.3 Å². The third-order valence-corrected chi connectivity index (χ3v) is 4.70. The van der Waals surface area contributed by atoms with Gasteiger partial charge in [0.05, 0.1) is 7.11 Å². The van der Waals surface area contributed by atoms with Crippen LogP contribution in [-0.2, 0) is 14.3 Å². The summed E-state index contributed by atoms with van der Waals surface area (Å²) in [5, 5.41) is 1.01. The van der Waals surface area contributed by atoms with Crippen LogP contribution in [0.25, 0.3) is 21.9 Å². The van der Waals surface area contributed by atoms with Gasteiger partial charge in [0.1, 0.15) is 17.3 Å². The molecule has 0 aliphatic carbocycles. The van der Waals surface area contributed by atoms with Crippen LogP contribution in [-0.4, -0.2) is 29.2 Å². The zero-order valence-electron chi connectivity index (χ0n) is 17.8. The van der Waals surface area contributed by atoms with E-state index < -0.39 is 29.1 Å². The van der Waals surface area contributed by atoms with Gasteiger partial charge in [-0.05, 0) is 44.7 Å². The van der Waals surface area contributed by atoms with E-state index in [0.717, 1.165) is 5.56 Å². The Morgan fingerprint density at radius 1 is 0.933 bits per heavy atom. The molecule has 1 unspecified atom stereocenters. The number of hydrogen-bond acceptors (Lipinski definition) is 5. The summed E-state index contributed by atoms with van der Waals surface area (Å²) in [5.74, 6) is -1.31. The Kier molecular flexibility index (Phi) is 5.78. The van der Waals surface area contributed by atoms with Crippen molar-refractivity contribution in [2.45, 2.75) is 39.3 Å². The molecule has 3 rings (SSSR count). The molecule has 0 saturated heterocycles. The monoisotopic (exact) mass is 407 g/mol. The molecular formula is C24H25NO5. The predicted molar refractivity (Wildman–Crippen MR) is 116 cm³/mol. The summed E-state index contributed by atoms with van der Waals surface area (Å²) in [4.78, 5) is 39.1.